The minimum Gasteiger partial charge on any atom is -0.387 e. The fourth-order valence-electron chi connectivity index (χ4n) is 6.23. The van der Waals surface area contributed by atoms with Gasteiger partial charge >= 0.3 is 31.3 Å². The van der Waals surface area contributed by atoms with Crippen molar-refractivity contribution in [2.75, 3.05) is 31.3 Å². The first-order valence-electron chi connectivity index (χ1n) is 17.3. The molecular weight excluding hydrogens is 904 g/mol. The number of rotatable bonds is 18. The molecular formula is C28H36N10O19P4. The van der Waals surface area contributed by atoms with Crippen molar-refractivity contribution in [1.82, 2.24) is 39.0 Å². The normalized spacial score (nSPS) is 28.4. The lowest BCUT2D eigenvalue weighted by Gasteiger charge is -2.22. The first-order chi connectivity index (χ1) is 28.7. The third kappa shape index (κ3) is 10.4. The molecule has 0 saturated carbocycles. The Labute approximate surface area is 341 Å². The highest BCUT2D eigenvalue weighted by atomic mass is 31.3. The third-order valence-electron chi connectivity index (χ3n) is 8.94. The number of nitrogens with zero attached hydrogens (tertiary/aromatic N) is 8. The quantitative estimate of drug-likeness (QED) is 0.0514. The highest BCUT2D eigenvalue weighted by molar-refractivity contribution is 7.69. The molecule has 5 aromatic rings. The molecule has 2 aliphatic rings. The van der Waals surface area contributed by atoms with Crippen LogP contribution in [0, 0.1) is 0 Å². The highest BCUT2D eigenvalue weighted by Crippen LogP contribution is 2.71. The van der Waals surface area contributed by atoms with Gasteiger partial charge in [0.1, 0.15) is 60.3 Å². The number of ether oxygens (including phenoxy) is 3. The molecule has 61 heavy (non-hydrogen) atoms. The first kappa shape index (κ1) is 45.3. The molecule has 33 heteroatoms. The number of benzene rings is 1. The number of nitrogens with two attached hydrogens (primary N) is 2. The fourth-order valence-corrected chi connectivity index (χ4v) is 11.2. The van der Waals surface area contributed by atoms with Gasteiger partial charge in [-0.25, -0.2) is 48.2 Å². The number of fused-ring (bicyclic) bond motifs is 2. The number of hydrogen-bond acceptors (Lipinski definition) is 23. The molecule has 4 unspecified atom stereocenters. The van der Waals surface area contributed by atoms with Gasteiger partial charge in [-0.05, 0) is 12.0 Å². The van der Waals surface area contributed by atoms with E-state index in [0.29, 0.717) is 6.42 Å². The Balaban J connectivity index is 0.942. The van der Waals surface area contributed by atoms with Crippen molar-refractivity contribution < 1.29 is 89.3 Å². The van der Waals surface area contributed by atoms with E-state index in [4.69, 9.17) is 30.2 Å². The minimum absolute atomic E-state index is 0.0108. The predicted octanol–water partition coefficient (Wildman–Crippen LogP) is -0.179. The summed E-state index contributed by atoms with van der Waals surface area (Å²) in [4.78, 5) is 64.4. The van der Waals surface area contributed by atoms with Crippen LogP contribution < -0.4 is 11.5 Å². The van der Waals surface area contributed by atoms with Crippen LogP contribution in [-0.4, -0.2) is 130 Å². The van der Waals surface area contributed by atoms with Gasteiger partial charge in [0.25, 0.3) is 0 Å². The van der Waals surface area contributed by atoms with E-state index < -0.39 is 93.6 Å². The Hall–Kier alpha value is -3.76. The summed E-state index contributed by atoms with van der Waals surface area (Å²) in [5, 5.41) is 32.3. The van der Waals surface area contributed by atoms with Crippen molar-refractivity contribution in [2.24, 2.45) is 0 Å². The molecule has 2 fully saturated rings. The van der Waals surface area contributed by atoms with E-state index in [9.17, 15) is 53.2 Å². The van der Waals surface area contributed by atoms with Gasteiger partial charge in [-0.3, -0.25) is 18.2 Å². The molecule has 0 amide bonds. The minimum atomic E-state index is -6.21. The topological polar surface area (TPSA) is 423 Å². The zero-order chi connectivity index (χ0) is 43.9. The van der Waals surface area contributed by atoms with Crippen LogP contribution in [-0.2, 0) is 60.9 Å². The van der Waals surface area contributed by atoms with Crippen LogP contribution in [0.1, 0.15) is 18.0 Å². The van der Waals surface area contributed by atoms with E-state index in [-0.39, 0.29) is 40.6 Å². The van der Waals surface area contributed by atoms with E-state index in [1.807, 2.05) is 30.3 Å². The van der Waals surface area contributed by atoms with Gasteiger partial charge in [0.05, 0.1) is 32.5 Å². The lowest BCUT2D eigenvalue weighted by Crippen LogP contribution is -2.36. The van der Waals surface area contributed by atoms with Gasteiger partial charge in [-0.15, -0.1) is 0 Å². The van der Waals surface area contributed by atoms with Gasteiger partial charge < -0.3 is 60.6 Å². The Morgan fingerprint density at radius 1 is 0.623 bits per heavy atom. The molecule has 0 spiro atoms. The Morgan fingerprint density at radius 2 is 1.10 bits per heavy atom. The van der Waals surface area contributed by atoms with Crippen LogP contribution in [0.15, 0.2) is 55.6 Å². The summed E-state index contributed by atoms with van der Waals surface area (Å²) >= 11 is 0. The molecule has 0 aliphatic carbocycles. The molecule has 2 aliphatic heterocycles. The molecule has 0 bridgehead atoms. The fraction of sp³-hybridized carbons (Fsp3) is 0.429. The second-order valence-electron chi connectivity index (χ2n) is 13.0. The number of aliphatic hydroxyl groups is 3. The zero-order valence-corrected chi connectivity index (χ0v) is 34.3. The zero-order valence-electron chi connectivity index (χ0n) is 30.7. The molecule has 332 valence electrons. The number of imidazole rings is 2. The maximum Gasteiger partial charge on any atom is 0.490 e. The summed E-state index contributed by atoms with van der Waals surface area (Å²) in [5.74, 6) is 0.0186. The number of aliphatic hydroxyl groups excluding tert-OH is 3. The van der Waals surface area contributed by atoms with Gasteiger partial charge in [-0.1, -0.05) is 30.3 Å². The largest absolute Gasteiger partial charge is 0.490 e. The van der Waals surface area contributed by atoms with Gasteiger partial charge in [0, 0.05) is 0 Å². The second-order valence-corrected chi connectivity index (χ2v) is 19.3. The maximum absolute atomic E-state index is 12.8. The molecule has 2 saturated heterocycles. The monoisotopic (exact) mass is 940 g/mol. The number of phosphoric ester groups is 2. The highest BCUT2D eigenvalue weighted by Gasteiger charge is 2.50. The molecule has 6 heterocycles. The number of hydrogen-bond donors (Lipinski definition) is 9. The molecule has 11 N–H and O–H groups in total. The summed E-state index contributed by atoms with van der Waals surface area (Å²) in [6.45, 7) is -2.09. The molecule has 4 aromatic heterocycles. The summed E-state index contributed by atoms with van der Waals surface area (Å²) in [5.41, 5.74) is 13.1. The van der Waals surface area contributed by atoms with Gasteiger partial charge in [0.2, 0.25) is 0 Å². The van der Waals surface area contributed by atoms with E-state index in [1.165, 1.54) is 15.5 Å². The molecule has 0 radical (unpaired) electrons. The van der Waals surface area contributed by atoms with Gasteiger partial charge in [-0.2, -0.15) is 12.9 Å². The molecule has 29 nitrogen and oxygen atoms in total. The number of phosphoric acid groups is 4. The summed E-state index contributed by atoms with van der Waals surface area (Å²) in [6, 6.07) is 9.17. The summed E-state index contributed by atoms with van der Waals surface area (Å²) < 4.78 is 91.7. The van der Waals surface area contributed by atoms with E-state index >= 15 is 0 Å². The average molecular weight is 941 g/mol. The predicted molar refractivity (Wildman–Crippen MR) is 200 cm³/mol. The van der Waals surface area contributed by atoms with Crippen molar-refractivity contribution in [3.63, 3.8) is 0 Å². The smallest absolute Gasteiger partial charge is 0.387 e. The number of nitrogen functional groups attached to an aromatic ring is 2. The molecule has 1 aromatic carbocycles. The van der Waals surface area contributed by atoms with Crippen molar-refractivity contribution in [3.8, 4) is 0 Å². The number of aromatic nitrogens is 8. The van der Waals surface area contributed by atoms with Crippen LogP contribution in [0.5, 0.6) is 0 Å². The van der Waals surface area contributed by atoms with Gasteiger partial charge in [0.15, 0.2) is 35.4 Å². The Morgan fingerprint density at radius 3 is 1.64 bits per heavy atom. The van der Waals surface area contributed by atoms with Crippen molar-refractivity contribution >= 4 is 65.3 Å². The average Bonchev–Trinajstić information content (AvgIpc) is 3.94. The second kappa shape index (κ2) is 17.8. The Bertz CT molecular complexity index is 2560. The van der Waals surface area contributed by atoms with E-state index in [0.717, 1.165) is 24.5 Å². The Kier molecular flexibility index (Phi) is 13.2. The van der Waals surface area contributed by atoms with Crippen molar-refractivity contribution in [1.29, 1.82) is 0 Å². The number of anilines is 2. The lowest BCUT2D eigenvalue weighted by atomic mass is 10.1. The standard InChI is InChI=1S/C28H36N10O19P4/c29-23-17-25(33-10-31-23)37(12-35-17)27-21(41)19(39)15(53-27)8-51-58(42,43)55-60(46,47)57-61(48,49)56-59(44,45)52-9-16-20(40)22(50-7-6-14-4-2-1-3-5-14)28(54-16)38-13-36-18-24(30)32-11-34-26(18)38/h1-5,10-13,15-16,19-22,27-28,39-41H,6-9H2,(H,42,43)(H,44,45)(H,46,47)(H,48,49)(H2,29,31,33)(H2,30,32,34)/t15-,16-,19+,20-,21+,22-,27+,28-/m1/s1. The third-order valence-corrected chi connectivity index (χ3v) is 14.8. The van der Waals surface area contributed by atoms with Crippen molar-refractivity contribution in [3.05, 3.63) is 61.2 Å². The van der Waals surface area contributed by atoms with Crippen LogP contribution in [0.3, 0.4) is 0 Å². The molecule has 7 rings (SSSR count). The molecule has 12 atom stereocenters. The van der Waals surface area contributed by atoms with Crippen LogP contribution in [0.4, 0.5) is 11.6 Å². The van der Waals surface area contributed by atoms with Crippen LogP contribution in [0.2, 0.25) is 0 Å². The maximum atomic E-state index is 12.8. The van der Waals surface area contributed by atoms with Crippen LogP contribution in [0.25, 0.3) is 22.3 Å². The SMILES string of the molecule is Nc1ncnc2c1ncn2[C@@H]1O[C@H](COP(=O)(O)OP(=O)(O)OP(=O)(O)OP(=O)(O)OC[C@H]2O[C@H](n3cnc4c(N)ncnc43)[C@@H](O)[C@H]2O)[C@@H](O)[C@H]1OCCc1ccccc1. The summed E-state index contributed by atoms with van der Waals surface area (Å²) in [7, 11) is -24.0. The van der Waals surface area contributed by atoms with E-state index in [1.54, 1.807) is 0 Å². The van der Waals surface area contributed by atoms with E-state index in [2.05, 4.69) is 47.4 Å². The summed E-state index contributed by atoms with van der Waals surface area (Å²) in [6.07, 6.45) is -6.97. The first-order valence-corrected chi connectivity index (χ1v) is 23.3. The van der Waals surface area contributed by atoms with Crippen LogP contribution >= 0.6 is 31.3 Å². The van der Waals surface area contributed by atoms with Crippen molar-refractivity contribution in [2.45, 2.75) is 55.5 Å². The lowest BCUT2D eigenvalue weighted by molar-refractivity contribution is -0.0695.